The van der Waals surface area contributed by atoms with Crippen LogP contribution in [0.25, 0.3) is 0 Å². The van der Waals surface area contributed by atoms with E-state index in [1.807, 2.05) is 0 Å². The third-order valence-corrected chi connectivity index (χ3v) is 3.22. The third kappa shape index (κ3) is 6.38. The molecule has 6 nitrogen and oxygen atoms in total. The summed E-state index contributed by atoms with van der Waals surface area (Å²) in [5.74, 6) is 0. The van der Waals surface area contributed by atoms with Gasteiger partial charge in [0.15, 0.2) is 0 Å². The maximum absolute atomic E-state index is 11.5. The van der Waals surface area contributed by atoms with Gasteiger partial charge >= 0.3 is 6.09 Å². The van der Waals surface area contributed by atoms with Crippen LogP contribution in [0, 0.1) is 6.92 Å². The van der Waals surface area contributed by atoms with Crippen LogP contribution in [0.1, 0.15) is 54.8 Å². The van der Waals surface area contributed by atoms with Gasteiger partial charge in [-0.25, -0.2) is 4.79 Å². The van der Waals surface area contributed by atoms with Crippen LogP contribution in [-0.2, 0) is 4.74 Å². The number of alkyl carbamates (subject to hydrolysis) is 1. The molecule has 0 saturated heterocycles. The van der Waals surface area contributed by atoms with Gasteiger partial charge < -0.3 is 20.3 Å². The SMILES string of the molecule is Cc1cc(C=O)ccc1C(O)C(O)CCNC(=O)OC(C)(C)C. The van der Waals surface area contributed by atoms with Gasteiger partial charge in [0, 0.05) is 12.1 Å². The second kappa shape index (κ2) is 8.08. The van der Waals surface area contributed by atoms with E-state index >= 15 is 0 Å². The largest absolute Gasteiger partial charge is 0.444 e. The van der Waals surface area contributed by atoms with E-state index < -0.39 is 23.9 Å². The normalized spacial score (nSPS) is 14.0. The van der Waals surface area contributed by atoms with Gasteiger partial charge in [0.1, 0.15) is 18.0 Å². The molecular formula is C17H25NO5. The van der Waals surface area contributed by atoms with Crippen LogP contribution in [0.2, 0.25) is 0 Å². The molecule has 0 aliphatic heterocycles. The smallest absolute Gasteiger partial charge is 0.407 e. The van der Waals surface area contributed by atoms with Crippen molar-refractivity contribution >= 4 is 12.4 Å². The molecule has 1 aromatic carbocycles. The summed E-state index contributed by atoms with van der Waals surface area (Å²) in [6.07, 6.45) is -1.79. The molecule has 128 valence electrons. The lowest BCUT2D eigenvalue weighted by Gasteiger charge is -2.22. The molecule has 0 aromatic heterocycles. The number of aliphatic hydroxyl groups is 2. The van der Waals surface area contributed by atoms with E-state index in [0.29, 0.717) is 11.1 Å². The number of amides is 1. The van der Waals surface area contributed by atoms with Crippen LogP contribution in [0.4, 0.5) is 4.79 Å². The summed E-state index contributed by atoms with van der Waals surface area (Å²) >= 11 is 0. The zero-order chi connectivity index (χ0) is 17.6. The minimum Gasteiger partial charge on any atom is -0.444 e. The Morgan fingerprint density at radius 3 is 2.52 bits per heavy atom. The average Bonchev–Trinajstić information content (AvgIpc) is 2.44. The van der Waals surface area contributed by atoms with E-state index in [2.05, 4.69) is 5.32 Å². The van der Waals surface area contributed by atoms with Crippen LogP contribution in [0.5, 0.6) is 0 Å². The minimum absolute atomic E-state index is 0.176. The summed E-state index contributed by atoms with van der Waals surface area (Å²) in [6.45, 7) is 7.22. The van der Waals surface area contributed by atoms with Gasteiger partial charge in [0.2, 0.25) is 0 Å². The molecule has 23 heavy (non-hydrogen) atoms. The predicted octanol–water partition coefficient (Wildman–Crippen LogP) is 2.12. The molecular weight excluding hydrogens is 298 g/mol. The number of aliphatic hydroxyl groups excluding tert-OH is 2. The number of nitrogens with one attached hydrogen (secondary N) is 1. The average molecular weight is 323 g/mol. The van der Waals surface area contributed by atoms with E-state index in [0.717, 1.165) is 11.8 Å². The number of aryl methyl sites for hydroxylation is 1. The van der Waals surface area contributed by atoms with E-state index in [9.17, 15) is 19.8 Å². The molecule has 3 N–H and O–H groups in total. The molecule has 0 saturated carbocycles. The Morgan fingerprint density at radius 1 is 1.35 bits per heavy atom. The van der Waals surface area contributed by atoms with Crippen molar-refractivity contribution in [3.63, 3.8) is 0 Å². The van der Waals surface area contributed by atoms with Crippen molar-refractivity contribution in [1.29, 1.82) is 0 Å². The second-order valence-electron chi connectivity index (χ2n) is 6.46. The number of hydrogen-bond acceptors (Lipinski definition) is 5. The highest BCUT2D eigenvalue weighted by molar-refractivity contribution is 5.75. The molecule has 0 bridgehead atoms. The molecule has 6 heteroatoms. The van der Waals surface area contributed by atoms with Crippen molar-refractivity contribution < 1.29 is 24.5 Å². The Morgan fingerprint density at radius 2 is 2.00 bits per heavy atom. The Labute approximate surface area is 136 Å². The maximum atomic E-state index is 11.5. The molecule has 0 fully saturated rings. The number of rotatable bonds is 6. The molecule has 0 heterocycles. The van der Waals surface area contributed by atoms with E-state index in [-0.39, 0.29) is 13.0 Å². The van der Waals surface area contributed by atoms with Gasteiger partial charge in [-0.3, -0.25) is 4.79 Å². The molecule has 1 rings (SSSR count). The minimum atomic E-state index is -1.09. The molecule has 0 radical (unpaired) electrons. The number of aldehydes is 1. The van der Waals surface area contributed by atoms with Gasteiger partial charge in [-0.2, -0.15) is 0 Å². The van der Waals surface area contributed by atoms with Crippen LogP contribution in [0.15, 0.2) is 18.2 Å². The lowest BCUT2D eigenvalue weighted by Crippen LogP contribution is -2.34. The van der Waals surface area contributed by atoms with Crippen LogP contribution in [0.3, 0.4) is 0 Å². The molecule has 2 atom stereocenters. The first kappa shape index (κ1) is 19.1. The molecule has 0 spiro atoms. The number of hydrogen-bond donors (Lipinski definition) is 3. The molecule has 1 amide bonds. The summed E-state index contributed by atoms with van der Waals surface area (Å²) in [7, 11) is 0. The highest BCUT2D eigenvalue weighted by Gasteiger charge is 2.21. The van der Waals surface area contributed by atoms with Gasteiger partial charge in [-0.1, -0.05) is 12.1 Å². The van der Waals surface area contributed by atoms with Crippen LogP contribution < -0.4 is 5.32 Å². The molecule has 2 unspecified atom stereocenters. The lowest BCUT2D eigenvalue weighted by molar-refractivity contribution is 0.0119. The number of benzene rings is 1. The highest BCUT2D eigenvalue weighted by atomic mass is 16.6. The first-order chi connectivity index (χ1) is 10.6. The van der Waals surface area contributed by atoms with E-state index in [1.54, 1.807) is 45.9 Å². The van der Waals surface area contributed by atoms with Crippen molar-refractivity contribution in [2.24, 2.45) is 0 Å². The van der Waals surface area contributed by atoms with Gasteiger partial charge in [-0.05, 0) is 51.3 Å². The van der Waals surface area contributed by atoms with Crippen molar-refractivity contribution in [3.8, 4) is 0 Å². The van der Waals surface area contributed by atoms with Crippen LogP contribution >= 0.6 is 0 Å². The van der Waals surface area contributed by atoms with Crippen LogP contribution in [-0.4, -0.2) is 40.8 Å². The topological polar surface area (TPSA) is 95.9 Å². The fraction of sp³-hybridized carbons (Fsp3) is 0.529. The first-order valence-corrected chi connectivity index (χ1v) is 7.52. The Balaban J connectivity index is 2.53. The van der Waals surface area contributed by atoms with E-state index in [4.69, 9.17) is 4.74 Å². The second-order valence-corrected chi connectivity index (χ2v) is 6.46. The van der Waals surface area contributed by atoms with Gasteiger partial charge in [0.25, 0.3) is 0 Å². The zero-order valence-electron chi connectivity index (χ0n) is 14.0. The molecule has 0 aliphatic carbocycles. The lowest BCUT2D eigenvalue weighted by atomic mass is 9.96. The van der Waals surface area contributed by atoms with Crippen molar-refractivity contribution in [3.05, 3.63) is 34.9 Å². The quantitative estimate of drug-likeness (QED) is 0.697. The zero-order valence-corrected chi connectivity index (χ0v) is 14.0. The monoisotopic (exact) mass is 323 g/mol. The summed E-state index contributed by atoms with van der Waals surface area (Å²) < 4.78 is 5.08. The Hall–Kier alpha value is -1.92. The number of carbonyl (C=O) groups excluding carboxylic acids is 2. The van der Waals surface area contributed by atoms with E-state index in [1.165, 1.54) is 0 Å². The van der Waals surface area contributed by atoms with Gasteiger partial charge in [0.05, 0.1) is 6.10 Å². The van der Waals surface area contributed by atoms with Crippen molar-refractivity contribution in [1.82, 2.24) is 5.32 Å². The number of ether oxygens (including phenoxy) is 1. The summed E-state index contributed by atoms with van der Waals surface area (Å²) in [6, 6.07) is 4.86. The molecule has 1 aromatic rings. The number of carbonyl (C=O) groups is 2. The van der Waals surface area contributed by atoms with Crippen molar-refractivity contribution in [2.45, 2.75) is 51.9 Å². The Bertz CT molecular complexity index is 550. The summed E-state index contributed by atoms with van der Waals surface area (Å²) in [5, 5.41) is 22.8. The van der Waals surface area contributed by atoms with Crippen molar-refractivity contribution in [2.75, 3.05) is 6.54 Å². The summed E-state index contributed by atoms with van der Waals surface area (Å²) in [4.78, 5) is 22.2. The molecule has 0 aliphatic rings. The maximum Gasteiger partial charge on any atom is 0.407 e. The predicted molar refractivity (Wildman–Crippen MR) is 86.4 cm³/mol. The summed E-state index contributed by atoms with van der Waals surface area (Å²) in [5.41, 5.74) is 1.21. The fourth-order valence-electron chi connectivity index (χ4n) is 2.11. The van der Waals surface area contributed by atoms with Gasteiger partial charge in [-0.15, -0.1) is 0 Å². The third-order valence-electron chi connectivity index (χ3n) is 3.22. The Kier molecular flexibility index (Phi) is 6.72. The standard InChI is InChI=1S/C17H25NO5/c1-11-9-12(10-19)5-6-13(11)15(21)14(20)7-8-18-16(22)23-17(2,3)4/h5-6,9-10,14-15,20-21H,7-8H2,1-4H3,(H,18,22). The first-order valence-electron chi connectivity index (χ1n) is 7.52. The highest BCUT2D eigenvalue weighted by Crippen LogP contribution is 2.23. The fourth-order valence-corrected chi connectivity index (χ4v) is 2.11.